The van der Waals surface area contributed by atoms with Crippen molar-refractivity contribution < 1.29 is 23.8 Å². The van der Waals surface area contributed by atoms with E-state index in [0.29, 0.717) is 25.2 Å². The number of nitrogens with one attached hydrogen (secondary N) is 1. The van der Waals surface area contributed by atoms with Crippen LogP contribution in [0.1, 0.15) is 52.1 Å². The van der Waals surface area contributed by atoms with E-state index in [1.54, 1.807) is 0 Å². The first-order valence-electron chi connectivity index (χ1n) is 8.00. The maximum atomic E-state index is 11.8. The molecule has 1 rings (SSSR count). The Morgan fingerprint density at radius 3 is 2.33 bits per heavy atom. The van der Waals surface area contributed by atoms with Crippen molar-refractivity contribution in [1.82, 2.24) is 5.32 Å². The van der Waals surface area contributed by atoms with E-state index in [1.165, 1.54) is 7.11 Å². The lowest BCUT2D eigenvalue weighted by Gasteiger charge is -2.22. The molecule has 0 aliphatic heterocycles. The Hall–Kier alpha value is -2.24. The molecule has 0 heterocycles. The Balaban J connectivity index is 2.43. The highest BCUT2D eigenvalue weighted by atomic mass is 16.6. The molecule has 0 fully saturated rings. The van der Waals surface area contributed by atoms with Crippen molar-refractivity contribution >= 4 is 12.1 Å². The fraction of sp³-hybridized carbons (Fsp3) is 0.556. The van der Waals surface area contributed by atoms with E-state index in [1.807, 2.05) is 52.0 Å². The van der Waals surface area contributed by atoms with E-state index >= 15 is 0 Å². The maximum Gasteiger partial charge on any atom is 0.408 e. The summed E-state index contributed by atoms with van der Waals surface area (Å²) in [7, 11) is 1.37. The summed E-state index contributed by atoms with van der Waals surface area (Å²) in [6.45, 7) is 7.80. The number of esters is 1. The summed E-state index contributed by atoms with van der Waals surface area (Å²) in [6.07, 6.45) is 0.495. The summed E-state index contributed by atoms with van der Waals surface area (Å²) < 4.78 is 15.4. The van der Waals surface area contributed by atoms with Crippen molar-refractivity contribution in [2.45, 2.75) is 52.2 Å². The van der Waals surface area contributed by atoms with Crippen LogP contribution in [0.2, 0.25) is 0 Å². The summed E-state index contributed by atoms with van der Waals surface area (Å²) in [6, 6.07) is 7.27. The van der Waals surface area contributed by atoms with Gasteiger partial charge in [0.05, 0.1) is 19.8 Å². The predicted molar refractivity (Wildman–Crippen MR) is 91.0 cm³/mol. The number of rotatable bonds is 7. The summed E-state index contributed by atoms with van der Waals surface area (Å²) in [5.74, 6) is 0.476. The van der Waals surface area contributed by atoms with Gasteiger partial charge in [-0.05, 0) is 51.8 Å². The van der Waals surface area contributed by atoms with E-state index in [2.05, 4.69) is 10.1 Å². The van der Waals surface area contributed by atoms with E-state index in [4.69, 9.17) is 9.47 Å². The second-order valence-electron chi connectivity index (χ2n) is 6.47. The second-order valence-corrected chi connectivity index (χ2v) is 6.47. The molecule has 1 amide bonds. The zero-order valence-electron chi connectivity index (χ0n) is 15.0. The van der Waals surface area contributed by atoms with Crippen LogP contribution in [0.4, 0.5) is 4.79 Å². The maximum absolute atomic E-state index is 11.8. The van der Waals surface area contributed by atoms with Crippen molar-refractivity contribution in [3.05, 3.63) is 29.8 Å². The van der Waals surface area contributed by atoms with Crippen molar-refractivity contribution in [2.75, 3.05) is 13.7 Å². The summed E-state index contributed by atoms with van der Waals surface area (Å²) in [5.41, 5.74) is 0.425. The quantitative estimate of drug-likeness (QED) is 0.608. The molecule has 1 N–H and O–H groups in total. The topological polar surface area (TPSA) is 73.9 Å². The zero-order valence-corrected chi connectivity index (χ0v) is 15.0. The highest BCUT2D eigenvalue weighted by Crippen LogP contribution is 2.18. The third-order valence-corrected chi connectivity index (χ3v) is 3.13. The Kier molecular flexibility index (Phi) is 7.55. The molecule has 6 nitrogen and oxygen atoms in total. The van der Waals surface area contributed by atoms with E-state index in [0.717, 1.165) is 5.56 Å². The molecule has 1 atom stereocenters. The van der Waals surface area contributed by atoms with E-state index in [9.17, 15) is 9.59 Å². The predicted octanol–water partition coefficient (Wildman–Crippen LogP) is 3.60. The molecule has 0 aliphatic carbocycles. The van der Waals surface area contributed by atoms with E-state index < -0.39 is 11.7 Å². The highest BCUT2D eigenvalue weighted by molar-refractivity contribution is 5.69. The van der Waals surface area contributed by atoms with Crippen LogP contribution in [-0.2, 0) is 14.3 Å². The third kappa shape index (κ3) is 7.85. The smallest absolute Gasteiger partial charge is 0.408 e. The van der Waals surface area contributed by atoms with E-state index in [-0.39, 0.29) is 12.0 Å². The summed E-state index contributed by atoms with van der Waals surface area (Å²) in [5, 5.41) is 2.79. The van der Waals surface area contributed by atoms with Crippen molar-refractivity contribution in [3.63, 3.8) is 0 Å². The zero-order chi connectivity index (χ0) is 18.2. The van der Waals surface area contributed by atoms with Gasteiger partial charge >= 0.3 is 12.1 Å². The van der Waals surface area contributed by atoms with Crippen molar-refractivity contribution in [2.24, 2.45) is 0 Å². The fourth-order valence-corrected chi connectivity index (χ4v) is 1.93. The average Bonchev–Trinajstić information content (AvgIpc) is 2.49. The standard InChI is InChI=1S/C18H27NO5/c1-13(19-17(21)24-18(2,3)4)14-8-10-15(11-9-14)23-12-6-7-16(20)22-5/h8-11,13H,6-7,12H2,1-5H3,(H,19,21)/t13-/m0/s1. The Morgan fingerprint density at radius 1 is 1.17 bits per heavy atom. The largest absolute Gasteiger partial charge is 0.494 e. The minimum absolute atomic E-state index is 0.173. The number of methoxy groups -OCH3 is 1. The van der Waals surface area contributed by atoms with Crippen LogP contribution in [0, 0.1) is 0 Å². The first-order chi connectivity index (χ1) is 11.2. The van der Waals surface area contributed by atoms with Gasteiger partial charge in [0.2, 0.25) is 0 Å². The Bertz CT molecular complexity index is 533. The van der Waals surface area contributed by atoms with Gasteiger partial charge in [-0.2, -0.15) is 0 Å². The number of ether oxygens (including phenoxy) is 3. The number of hydrogen-bond donors (Lipinski definition) is 1. The van der Waals surface area contributed by atoms with Crippen LogP contribution in [0.15, 0.2) is 24.3 Å². The van der Waals surface area contributed by atoms with Gasteiger partial charge in [-0.3, -0.25) is 4.79 Å². The molecule has 0 bridgehead atoms. The molecule has 0 aliphatic rings. The lowest BCUT2D eigenvalue weighted by atomic mass is 10.1. The summed E-state index contributed by atoms with van der Waals surface area (Å²) >= 11 is 0. The van der Waals surface area contributed by atoms with Crippen LogP contribution in [0.3, 0.4) is 0 Å². The Labute approximate surface area is 143 Å². The molecule has 1 aromatic rings. The molecule has 1 aromatic carbocycles. The number of benzene rings is 1. The molecule has 0 saturated heterocycles. The minimum atomic E-state index is -0.522. The van der Waals surface area contributed by atoms with Gasteiger partial charge in [0.15, 0.2) is 0 Å². The van der Waals surface area contributed by atoms with Crippen molar-refractivity contribution in [1.29, 1.82) is 0 Å². The normalized spacial score (nSPS) is 12.2. The molecule has 0 aromatic heterocycles. The number of amides is 1. The molecule has 6 heteroatoms. The first kappa shape index (κ1) is 19.8. The van der Waals surface area contributed by atoms with Gasteiger partial charge in [0, 0.05) is 6.42 Å². The molecule has 0 spiro atoms. The summed E-state index contributed by atoms with van der Waals surface area (Å²) in [4.78, 5) is 22.8. The van der Waals surface area contributed by atoms with Gasteiger partial charge in [0.25, 0.3) is 0 Å². The molecule has 0 unspecified atom stereocenters. The third-order valence-electron chi connectivity index (χ3n) is 3.13. The van der Waals surface area contributed by atoms with Gasteiger partial charge in [-0.25, -0.2) is 4.79 Å². The second kappa shape index (κ2) is 9.15. The molecular formula is C18H27NO5. The van der Waals surface area contributed by atoms with Gasteiger partial charge in [-0.1, -0.05) is 12.1 Å². The fourth-order valence-electron chi connectivity index (χ4n) is 1.93. The van der Waals surface area contributed by atoms with Gasteiger partial charge < -0.3 is 19.5 Å². The first-order valence-corrected chi connectivity index (χ1v) is 8.00. The van der Waals surface area contributed by atoms with Crippen LogP contribution < -0.4 is 10.1 Å². The number of alkyl carbamates (subject to hydrolysis) is 1. The van der Waals surface area contributed by atoms with Crippen molar-refractivity contribution in [3.8, 4) is 5.75 Å². The number of carbonyl (C=O) groups excluding carboxylic acids is 2. The number of hydrogen-bond acceptors (Lipinski definition) is 5. The number of carbonyl (C=O) groups is 2. The molecule has 0 saturated carbocycles. The van der Waals surface area contributed by atoms with Crippen LogP contribution in [-0.4, -0.2) is 31.4 Å². The monoisotopic (exact) mass is 337 g/mol. The highest BCUT2D eigenvalue weighted by Gasteiger charge is 2.18. The van der Waals surface area contributed by atoms with Crippen LogP contribution in [0.5, 0.6) is 5.75 Å². The molecule has 24 heavy (non-hydrogen) atoms. The minimum Gasteiger partial charge on any atom is -0.494 e. The SMILES string of the molecule is COC(=O)CCCOc1ccc([C@H](C)NC(=O)OC(C)(C)C)cc1. The van der Waals surface area contributed by atoms with Gasteiger partial charge in [0.1, 0.15) is 11.4 Å². The van der Waals surface area contributed by atoms with Crippen LogP contribution in [0.25, 0.3) is 0 Å². The lowest BCUT2D eigenvalue weighted by Crippen LogP contribution is -2.34. The average molecular weight is 337 g/mol. The molecular weight excluding hydrogens is 310 g/mol. The lowest BCUT2D eigenvalue weighted by molar-refractivity contribution is -0.140. The molecule has 0 radical (unpaired) electrons. The van der Waals surface area contributed by atoms with Gasteiger partial charge in [-0.15, -0.1) is 0 Å². The Morgan fingerprint density at radius 2 is 1.79 bits per heavy atom. The molecule has 134 valence electrons. The van der Waals surface area contributed by atoms with Crippen LogP contribution >= 0.6 is 0 Å².